The van der Waals surface area contributed by atoms with Crippen molar-refractivity contribution >= 4 is 38.7 Å². The van der Waals surface area contributed by atoms with Gasteiger partial charge in [-0.25, -0.2) is 8.42 Å². The van der Waals surface area contributed by atoms with Gasteiger partial charge in [-0.3, -0.25) is 4.99 Å². The van der Waals surface area contributed by atoms with Gasteiger partial charge in [-0.05, 0) is 24.3 Å². The van der Waals surface area contributed by atoms with Gasteiger partial charge in [0.2, 0.25) is 9.84 Å². The third-order valence-corrected chi connectivity index (χ3v) is 5.48. The first-order valence-electron chi connectivity index (χ1n) is 6.82. The Bertz CT molecular complexity index is 1040. The number of hydrogen-bond acceptors (Lipinski definition) is 3. The van der Waals surface area contributed by atoms with E-state index in [9.17, 15) is 8.42 Å². The standard InChI is InChI=1S/C17H12N2O2S/c20-22(21)13(11-19-16-7-3-4-8-17(16)22)9-12-10-18-15-6-2-1-5-14(12)15/h1-11,18H. The molecular formula is C17H12N2O2S. The molecule has 0 unspecified atom stereocenters. The van der Waals surface area contributed by atoms with E-state index in [4.69, 9.17) is 0 Å². The van der Waals surface area contributed by atoms with Crippen LogP contribution < -0.4 is 0 Å². The molecular weight excluding hydrogens is 296 g/mol. The third kappa shape index (κ3) is 1.90. The molecule has 4 rings (SSSR count). The molecule has 1 N–H and O–H groups in total. The summed E-state index contributed by atoms with van der Waals surface area (Å²) in [7, 11) is -3.53. The number of aromatic amines is 1. The Labute approximate surface area is 127 Å². The number of sulfone groups is 1. The minimum absolute atomic E-state index is 0.205. The Morgan fingerprint density at radius 1 is 1.00 bits per heavy atom. The second kappa shape index (κ2) is 4.68. The quantitative estimate of drug-likeness (QED) is 0.745. The van der Waals surface area contributed by atoms with Crippen LogP contribution in [0.25, 0.3) is 17.0 Å². The highest BCUT2D eigenvalue weighted by molar-refractivity contribution is 7.96. The molecule has 5 heteroatoms. The molecule has 0 bridgehead atoms. The van der Waals surface area contributed by atoms with Crippen molar-refractivity contribution < 1.29 is 8.42 Å². The van der Waals surface area contributed by atoms with E-state index in [1.165, 1.54) is 6.21 Å². The number of hydrogen-bond donors (Lipinski definition) is 1. The summed E-state index contributed by atoms with van der Waals surface area (Å²) in [4.78, 5) is 7.85. The molecule has 0 fully saturated rings. The van der Waals surface area contributed by atoms with E-state index in [1.54, 1.807) is 30.3 Å². The maximum absolute atomic E-state index is 12.7. The molecule has 0 radical (unpaired) electrons. The SMILES string of the molecule is O=S1(=O)C(=Cc2c[nH]c3ccccc23)C=Nc2ccccc21. The minimum atomic E-state index is -3.53. The van der Waals surface area contributed by atoms with Gasteiger partial charge < -0.3 is 4.98 Å². The number of aliphatic imine (C=N–C) groups is 1. The van der Waals surface area contributed by atoms with Crippen molar-refractivity contribution in [3.63, 3.8) is 0 Å². The van der Waals surface area contributed by atoms with Crippen LogP contribution in [0, 0.1) is 0 Å². The zero-order chi connectivity index (χ0) is 15.2. The van der Waals surface area contributed by atoms with Gasteiger partial charge in [0.25, 0.3) is 0 Å². The minimum Gasteiger partial charge on any atom is -0.361 e. The molecule has 3 aromatic rings. The van der Waals surface area contributed by atoms with Gasteiger partial charge in [0.15, 0.2) is 0 Å². The summed E-state index contributed by atoms with van der Waals surface area (Å²) in [5.41, 5.74) is 2.29. The molecule has 0 amide bonds. The summed E-state index contributed by atoms with van der Waals surface area (Å²) in [6, 6.07) is 14.5. The molecule has 0 saturated carbocycles. The predicted octanol–water partition coefficient (Wildman–Crippen LogP) is 3.70. The molecule has 2 aromatic carbocycles. The van der Waals surface area contributed by atoms with Gasteiger partial charge in [0, 0.05) is 28.9 Å². The molecule has 108 valence electrons. The number of fused-ring (bicyclic) bond motifs is 2. The second-order valence-corrected chi connectivity index (χ2v) is 6.98. The topological polar surface area (TPSA) is 62.3 Å². The highest BCUT2D eigenvalue weighted by atomic mass is 32.2. The van der Waals surface area contributed by atoms with Crippen LogP contribution in [0.1, 0.15) is 5.56 Å². The van der Waals surface area contributed by atoms with E-state index in [1.807, 2.05) is 30.5 Å². The summed E-state index contributed by atoms with van der Waals surface area (Å²) >= 11 is 0. The van der Waals surface area contributed by atoms with Crippen LogP contribution >= 0.6 is 0 Å². The van der Waals surface area contributed by atoms with Crippen LogP contribution in [-0.4, -0.2) is 19.6 Å². The first-order valence-corrected chi connectivity index (χ1v) is 8.30. The molecule has 2 heterocycles. The number of aromatic nitrogens is 1. The first kappa shape index (κ1) is 13.0. The van der Waals surface area contributed by atoms with E-state index in [0.717, 1.165) is 16.5 Å². The molecule has 22 heavy (non-hydrogen) atoms. The fourth-order valence-electron chi connectivity index (χ4n) is 2.60. The lowest BCUT2D eigenvalue weighted by atomic mass is 10.1. The van der Waals surface area contributed by atoms with E-state index in [-0.39, 0.29) is 9.80 Å². The van der Waals surface area contributed by atoms with Crippen LogP contribution in [0.15, 0.2) is 69.5 Å². The number of nitrogens with one attached hydrogen (secondary N) is 1. The van der Waals surface area contributed by atoms with Crippen molar-refractivity contribution in [1.82, 2.24) is 4.98 Å². The molecule has 1 aliphatic rings. The first-order chi connectivity index (χ1) is 10.7. The Morgan fingerprint density at radius 3 is 2.68 bits per heavy atom. The summed E-state index contributed by atoms with van der Waals surface area (Å²) < 4.78 is 25.4. The Balaban J connectivity index is 1.91. The van der Waals surface area contributed by atoms with Gasteiger partial charge in [0.05, 0.1) is 15.5 Å². The average Bonchev–Trinajstić information content (AvgIpc) is 2.94. The molecule has 0 saturated heterocycles. The largest absolute Gasteiger partial charge is 0.361 e. The van der Waals surface area contributed by atoms with Gasteiger partial charge in [-0.15, -0.1) is 0 Å². The van der Waals surface area contributed by atoms with Crippen LogP contribution in [0.5, 0.6) is 0 Å². The highest BCUT2D eigenvalue weighted by Crippen LogP contribution is 2.33. The molecule has 1 aliphatic heterocycles. The van der Waals surface area contributed by atoms with E-state index in [2.05, 4.69) is 9.98 Å². The van der Waals surface area contributed by atoms with Crippen LogP contribution in [-0.2, 0) is 9.84 Å². The van der Waals surface area contributed by atoms with Crippen LogP contribution in [0.3, 0.4) is 0 Å². The second-order valence-electron chi connectivity index (χ2n) is 5.07. The lowest BCUT2D eigenvalue weighted by molar-refractivity contribution is 0.603. The van der Waals surface area contributed by atoms with Crippen molar-refractivity contribution in [2.45, 2.75) is 4.90 Å². The summed E-state index contributed by atoms with van der Waals surface area (Å²) in [6.45, 7) is 0. The molecule has 1 aromatic heterocycles. The number of nitrogens with zero attached hydrogens (tertiary/aromatic N) is 1. The number of H-pyrrole nitrogens is 1. The Kier molecular flexibility index (Phi) is 2.77. The van der Waals surface area contributed by atoms with Gasteiger partial charge in [0.1, 0.15) is 0 Å². The maximum atomic E-state index is 12.7. The van der Waals surface area contributed by atoms with Crippen molar-refractivity contribution in [3.8, 4) is 0 Å². The molecule has 4 nitrogen and oxygen atoms in total. The van der Waals surface area contributed by atoms with E-state index in [0.29, 0.717) is 5.69 Å². The van der Waals surface area contributed by atoms with Crippen LogP contribution in [0.4, 0.5) is 5.69 Å². The molecule has 0 aliphatic carbocycles. The van der Waals surface area contributed by atoms with Gasteiger partial charge in [-0.1, -0.05) is 30.3 Å². The molecule has 0 atom stereocenters. The number of rotatable bonds is 1. The third-order valence-electron chi connectivity index (χ3n) is 3.71. The van der Waals surface area contributed by atoms with Crippen LogP contribution in [0.2, 0.25) is 0 Å². The monoisotopic (exact) mass is 308 g/mol. The van der Waals surface area contributed by atoms with Crippen molar-refractivity contribution in [1.29, 1.82) is 0 Å². The number of allylic oxidation sites excluding steroid dienone is 1. The Morgan fingerprint density at radius 2 is 1.77 bits per heavy atom. The Hall–Kier alpha value is -2.66. The zero-order valence-corrected chi connectivity index (χ0v) is 12.3. The van der Waals surface area contributed by atoms with E-state index >= 15 is 0 Å². The number of benzene rings is 2. The zero-order valence-electron chi connectivity index (χ0n) is 11.5. The van der Waals surface area contributed by atoms with E-state index < -0.39 is 9.84 Å². The fraction of sp³-hybridized carbons (Fsp3) is 0. The van der Waals surface area contributed by atoms with Gasteiger partial charge >= 0.3 is 0 Å². The highest BCUT2D eigenvalue weighted by Gasteiger charge is 2.26. The molecule has 0 spiro atoms. The normalized spacial score (nSPS) is 17.7. The van der Waals surface area contributed by atoms with Crippen molar-refractivity contribution in [2.75, 3.05) is 0 Å². The summed E-state index contributed by atoms with van der Waals surface area (Å²) in [5.74, 6) is 0. The smallest absolute Gasteiger partial charge is 0.210 e. The fourth-order valence-corrected chi connectivity index (χ4v) is 3.98. The maximum Gasteiger partial charge on any atom is 0.210 e. The van der Waals surface area contributed by atoms with Crippen molar-refractivity contribution in [2.24, 2.45) is 4.99 Å². The summed E-state index contributed by atoms with van der Waals surface area (Å²) in [5, 5.41) is 0.984. The van der Waals surface area contributed by atoms with Crippen molar-refractivity contribution in [3.05, 3.63) is 65.2 Å². The van der Waals surface area contributed by atoms with Gasteiger partial charge in [-0.2, -0.15) is 0 Å². The summed E-state index contributed by atoms with van der Waals surface area (Å²) in [6.07, 6.45) is 4.88. The number of para-hydroxylation sites is 2. The lowest BCUT2D eigenvalue weighted by Crippen LogP contribution is -2.09. The lowest BCUT2D eigenvalue weighted by Gasteiger charge is -2.12. The predicted molar refractivity (Wildman–Crippen MR) is 88.1 cm³/mol. The average molecular weight is 308 g/mol.